The van der Waals surface area contributed by atoms with Gasteiger partial charge in [0.1, 0.15) is 18.1 Å². The van der Waals surface area contributed by atoms with Crippen molar-refractivity contribution >= 4 is 39.8 Å². The van der Waals surface area contributed by atoms with E-state index in [1.807, 2.05) is 41.5 Å². The van der Waals surface area contributed by atoms with Crippen LogP contribution in [0.5, 0.6) is 0 Å². The average Bonchev–Trinajstić information content (AvgIpc) is 3.46. The maximum Gasteiger partial charge on any atom is 0.347 e. The van der Waals surface area contributed by atoms with Gasteiger partial charge in [0.25, 0.3) is 11.5 Å². The van der Waals surface area contributed by atoms with Gasteiger partial charge in [-0.15, -0.1) is 11.3 Å². The van der Waals surface area contributed by atoms with Crippen molar-refractivity contribution in [2.24, 2.45) is 5.73 Å². The molecule has 0 spiro atoms. The van der Waals surface area contributed by atoms with Gasteiger partial charge in [0.15, 0.2) is 0 Å². The predicted molar refractivity (Wildman–Crippen MR) is 145 cm³/mol. The van der Waals surface area contributed by atoms with Crippen molar-refractivity contribution in [2.75, 3.05) is 37.8 Å². The summed E-state index contributed by atoms with van der Waals surface area (Å²) >= 11 is 1.40. The molecular weight excluding hydrogens is 507 g/mol. The Morgan fingerprint density at radius 1 is 1.05 bits per heavy atom. The standard InChI is InChI=1S/C28H27FN4O4S/c1-18-4-9-22-21(15-18)25(31-10-12-32(13-11-31)26(34)23-3-2-14-38-23)24(28(36)37-17-30)27(35)33(22)16-19-5-7-20(29)8-6-19/h2-9,14-15H,10-13,16-17,30H2,1H3. The number of amides is 1. The van der Waals surface area contributed by atoms with E-state index in [2.05, 4.69) is 0 Å². The summed E-state index contributed by atoms with van der Waals surface area (Å²) in [7, 11) is 0. The summed E-state index contributed by atoms with van der Waals surface area (Å²) in [6, 6.07) is 15.2. The Labute approximate surface area is 222 Å². The molecule has 0 saturated carbocycles. The highest BCUT2D eigenvalue weighted by molar-refractivity contribution is 7.12. The second kappa shape index (κ2) is 10.8. The number of thiophene rings is 1. The van der Waals surface area contributed by atoms with E-state index < -0.39 is 11.5 Å². The van der Waals surface area contributed by atoms with Crippen LogP contribution in [0.25, 0.3) is 10.9 Å². The highest BCUT2D eigenvalue weighted by Gasteiger charge is 2.30. The third-order valence-electron chi connectivity index (χ3n) is 6.68. The number of benzene rings is 2. The molecule has 8 nitrogen and oxygen atoms in total. The van der Waals surface area contributed by atoms with E-state index in [0.29, 0.717) is 53.2 Å². The first kappa shape index (κ1) is 25.6. The number of aryl methyl sites for hydroxylation is 1. The van der Waals surface area contributed by atoms with E-state index in [9.17, 15) is 18.8 Å². The number of esters is 1. The average molecular weight is 535 g/mol. The van der Waals surface area contributed by atoms with E-state index >= 15 is 0 Å². The van der Waals surface area contributed by atoms with Crippen LogP contribution in [0.2, 0.25) is 0 Å². The number of anilines is 1. The molecule has 0 radical (unpaired) electrons. The van der Waals surface area contributed by atoms with Crippen molar-refractivity contribution in [2.45, 2.75) is 13.5 Å². The molecular formula is C28H27FN4O4S. The fraction of sp³-hybridized carbons (Fsp3) is 0.250. The summed E-state index contributed by atoms with van der Waals surface area (Å²) in [6.45, 7) is 3.46. The zero-order valence-electron chi connectivity index (χ0n) is 20.9. The number of nitrogens with zero attached hydrogens (tertiary/aromatic N) is 3. The second-order valence-corrected chi connectivity index (χ2v) is 10.1. The van der Waals surface area contributed by atoms with Crippen LogP contribution in [-0.2, 0) is 11.3 Å². The number of carbonyl (C=O) groups is 2. The van der Waals surface area contributed by atoms with Crippen LogP contribution >= 0.6 is 11.3 Å². The first-order valence-electron chi connectivity index (χ1n) is 12.2. The highest BCUT2D eigenvalue weighted by atomic mass is 32.1. The number of carbonyl (C=O) groups excluding carboxylic acids is 2. The summed E-state index contributed by atoms with van der Waals surface area (Å²) in [4.78, 5) is 44.4. The number of fused-ring (bicyclic) bond motifs is 1. The molecule has 2 aromatic carbocycles. The molecule has 0 bridgehead atoms. The Balaban J connectivity index is 1.60. The molecule has 5 rings (SSSR count). The maximum atomic E-state index is 13.9. The molecule has 10 heteroatoms. The summed E-state index contributed by atoms with van der Waals surface area (Å²) in [5, 5.41) is 2.59. The quantitative estimate of drug-likeness (QED) is 0.300. The molecule has 1 saturated heterocycles. The topological polar surface area (TPSA) is 97.9 Å². The Bertz CT molecular complexity index is 1540. The van der Waals surface area contributed by atoms with E-state index in [0.717, 1.165) is 5.56 Å². The molecule has 0 aliphatic carbocycles. The Morgan fingerprint density at radius 3 is 2.45 bits per heavy atom. The monoisotopic (exact) mass is 534 g/mol. The van der Waals surface area contributed by atoms with Crippen molar-refractivity contribution in [1.29, 1.82) is 0 Å². The number of hydrogen-bond donors (Lipinski definition) is 1. The SMILES string of the molecule is Cc1ccc2c(c1)c(N1CCN(C(=O)c3cccs3)CC1)c(C(=O)OCN)c(=O)n2Cc1ccc(F)cc1. The first-order valence-corrected chi connectivity index (χ1v) is 13.1. The molecule has 1 fully saturated rings. The number of hydrogen-bond acceptors (Lipinski definition) is 7. The molecule has 2 N–H and O–H groups in total. The molecule has 4 aromatic rings. The van der Waals surface area contributed by atoms with Gasteiger partial charge >= 0.3 is 5.97 Å². The van der Waals surface area contributed by atoms with Crippen molar-refractivity contribution in [1.82, 2.24) is 9.47 Å². The van der Waals surface area contributed by atoms with Gasteiger partial charge in [-0.2, -0.15) is 0 Å². The van der Waals surface area contributed by atoms with Crippen LogP contribution < -0.4 is 16.2 Å². The number of piperazine rings is 1. The maximum absolute atomic E-state index is 13.9. The number of nitrogens with two attached hydrogens (primary N) is 1. The summed E-state index contributed by atoms with van der Waals surface area (Å²) < 4.78 is 20.1. The number of aromatic nitrogens is 1. The lowest BCUT2D eigenvalue weighted by Crippen LogP contribution is -2.49. The normalized spacial score (nSPS) is 13.7. The number of ether oxygens (including phenoxy) is 1. The van der Waals surface area contributed by atoms with Crippen LogP contribution in [0.3, 0.4) is 0 Å². The van der Waals surface area contributed by atoms with E-state index in [1.54, 1.807) is 23.1 Å². The number of pyridine rings is 1. The second-order valence-electron chi connectivity index (χ2n) is 9.12. The van der Waals surface area contributed by atoms with Crippen LogP contribution in [0.1, 0.15) is 31.2 Å². The summed E-state index contributed by atoms with van der Waals surface area (Å²) in [6.07, 6.45) is 0. The predicted octanol–water partition coefficient (Wildman–Crippen LogP) is 3.59. The van der Waals surface area contributed by atoms with Crippen molar-refractivity contribution in [3.05, 3.63) is 97.7 Å². The third kappa shape index (κ3) is 4.92. The van der Waals surface area contributed by atoms with Gasteiger partial charge in [-0.1, -0.05) is 29.8 Å². The van der Waals surface area contributed by atoms with Crippen LogP contribution in [-0.4, -0.2) is 54.3 Å². The number of halogens is 1. The van der Waals surface area contributed by atoms with Gasteiger partial charge in [0.2, 0.25) is 0 Å². The van der Waals surface area contributed by atoms with Gasteiger partial charge in [0.05, 0.1) is 22.6 Å². The lowest BCUT2D eigenvalue weighted by molar-refractivity contribution is 0.0512. The minimum absolute atomic E-state index is 0.0298. The molecule has 1 amide bonds. The van der Waals surface area contributed by atoms with Gasteiger partial charge in [-0.25, -0.2) is 9.18 Å². The zero-order chi connectivity index (χ0) is 26.8. The Morgan fingerprint density at radius 2 is 1.79 bits per heavy atom. The van der Waals surface area contributed by atoms with Crippen molar-refractivity contribution < 1.29 is 18.7 Å². The molecule has 0 unspecified atom stereocenters. The summed E-state index contributed by atoms with van der Waals surface area (Å²) in [5.41, 5.74) is 7.67. The first-order chi connectivity index (χ1) is 18.4. The number of rotatable bonds is 6. The Hall–Kier alpha value is -4.02. The highest BCUT2D eigenvalue weighted by Crippen LogP contribution is 2.32. The van der Waals surface area contributed by atoms with Crippen LogP contribution in [0, 0.1) is 12.7 Å². The van der Waals surface area contributed by atoms with Gasteiger partial charge < -0.3 is 19.1 Å². The fourth-order valence-electron chi connectivity index (χ4n) is 4.83. The smallest absolute Gasteiger partial charge is 0.347 e. The molecule has 0 atom stereocenters. The lowest BCUT2D eigenvalue weighted by Gasteiger charge is -2.37. The third-order valence-corrected chi connectivity index (χ3v) is 7.54. The van der Waals surface area contributed by atoms with Crippen LogP contribution in [0.4, 0.5) is 10.1 Å². The van der Waals surface area contributed by atoms with E-state index in [1.165, 1.54) is 28.0 Å². The molecule has 1 aliphatic rings. The fourth-order valence-corrected chi connectivity index (χ4v) is 5.52. The minimum Gasteiger partial charge on any atom is -0.446 e. The molecule has 38 heavy (non-hydrogen) atoms. The van der Waals surface area contributed by atoms with Crippen molar-refractivity contribution in [3.8, 4) is 0 Å². The molecule has 3 heterocycles. The molecule has 1 aliphatic heterocycles. The van der Waals surface area contributed by atoms with E-state index in [4.69, 9.17) is 10.5 Å². The lowest BCUT2D eigenvalue weighted by atomic mass is 10.0. The van der Waals surface area contributed by atoms with Crippen molar-refractivity contribution in [3.63, 3.8) is 0 Å². The largest absolute Gasteiger partial charge is 0.446 e. The van der Waals surface area contributed by atoms with E-state index in [-0.39, 0.29) is 30.6 Å². The zero-order valence-corrected chi connectivity index (χ0v) is 21.7. The Kier molecular flexibility index (Phi) is 7.26. The molecule has 196 valence electrons. The van der Waals surface area contributed by atoms with Crippen LogP contribution in [0.15, 0.2) is 64.8 Å². The minimum atomic E-state index is -0.805. The van der Waals surface area contributed by atoms with Gasteiger partial charge in [-0.3, -0.25) is 15.3 Å². The summed E-state index contributed by atoms with van der Waals surface area (Å²) in [5.74, 6) is -1.21. The van der Waals surface area contributed by atoms with Gasteiger partial charge in [0, 0.05) is 31.6 Å². The molecule has 2 aromatic heterocycles. The van der Waals surface area contributed by atoms with Gasteiger partial charge in [-0.05, 0) is 48.2 Å².